The van der Waals surface area contributed by atoms with Crippen LogP contribution in [0.5, 0.6) is 0 Å². The molecule has 96 valence electrons. The third kappa shape index (κ3) is 3.18. The van der Waals surface area contributed by atoms with E-state index in [1.807, 2.05) is 0 Å². The van der Waals surface area contributed by atoms with E-state index in [0.717, 1.165) is 0 Å². The van der Waals surface area contributed by atoms with E-state index in [4.69, 9.17) is 0 Å². The number of hydrogen-bond donors (Lipinski definition) is 2. The Morgan fingerprint density at radius 3 is 1.88 bits per heavy atom. The van der Waals surface area contributed by atoms with Crippen molar-refractivity contribution in [3.8, 4) is 0 Å². The second kappa shape index (κ2) is 3.96. The van der Waals surface area contributed by atoms with Crippen molar-refractivity contribution in [2.24, 2.45) is 16.7 Å². The first-order valence-electron chi connectivity index (χ1n) is 5.70. The van der Waals surface area contributed by atoms with Gasteiger partial charge >= 0.3 is 0 Å². The lowest BCUT2D eigenvalue weighted by atomic mass is 9.68. The van der Waals surface area contributed by atoms with Crippen LogP contribution in [0.3, 0.4) is 0 Å². The summed E-state index contributed by atoms with van der Waals surface area (Å²) in [6.07, 6.45) is 0. The zero-order valence-corrected chi connectivity index (χ0v) is 11.9. The van der Waals surface area contributed by atoms with Crippen LogP contribution in [0.4, 0.5) is 0 Å². The predicted octanol–water partition coefficient (Wildman–Crippen LogP) is 1.50. The molecule has 16 heavy (non-hydrogen) atoms. The maximum Gasteiger partial charge on any atom is 0.277 e. The van der Waals surface area contributed by atoms with E-state index in [0.29, 0.717) is 6.54 Å². The van der Waals surface area contributed by atoms with Gasteiger partial charge in [-0.25, -0.2) is 4.72 Å². The zero-order chi connectivity index (χ0) is 12.8. The van der Waals surface area contributed by atoms with Gasteiger partial charge in [-0.1, -0.05) is 41.5 Å². The first-order valence-corrected chi connectivity index (χ1v) is 7.19. The second-order valence-electron chi connectivity index (χ2n) is 6.79. The Labute approximate surface area is 99.4 Å². The van der Waals surface area contributed by atoms with Crippen molar-refractivity contribution >= 4 is 10.2 Å². The molecule has 1 heterocycles. The molecule has 1 aliphatic heterocycles. The van der Waals surface area contributed by atoms with Crippen molar-refractivity contribution < 1.29 is 8.42 Å². The van der Waals surface area contributed by atoms with Crippen LogP contribution in [0, 0.1) is 16.7 Å². The maximum absolute atomic E-state index is 11.6. The van der Waals surface area contributed by atoms with Crippen molar-refractivity contribution in [2.75, 3.05) is 6.54 Å². The Bertz CT molecular complexity index is 349. The molecule has 1 fully saturated rings. The molecular formula is C11H24N2O2S. The van der Waals surface area contributed by atoms with Gasteiger partial charge in [-0.15, -0.1) is 0 Å². The van der Waals surface area contributed by atoms with Crippen molar-refractivity contribution in [2.45, 2.75) is 47.6 Å². The Morgan fingerprint density at radius 2 is 1.50 bits per heavy atom. The molecular weight excluding hydrogens is 224 g/mol. The first kappa shape index (κ1) is 13.9. The van der Waals surface area contributed by atoms with E-state index >= 15 is 0 Å². The van der Waals surface area contributed by atoms with Gasteiger partial charge < -0.3 is 0 Å². The summed E-state index contributed by atoms with van der Waals surface area (Å²) in [7, 11) is -3.31. The Hall–Kier alpha value is -0.130. The number of hydrogen-bond acceptors (Lipinski definition) is 2. The van der Waals surface area contributed by atoms with Crippen LogP contribution in [0.2, 0.25) is 0 Å². The monoisotopic (exact) mass is 248 g/mol. The van der Waals surface area contributed by atoms with Crippen molar-refractivity contribution in [3.05, 3.63) is 0 Å². The summed E-state index contributed by atoms with van der Waals surface area (Å²) < 4.78 is 28.4. The summed E-state index contributed by atoms with van der Waals surface area (Å²) in [5, 5.41) is 0. The molecule has 0 aromatic carbocycles. The van der Waals surface area contributed by atoms with Gasteiger partial charge in [0.2, 0.25) is 0 Å². The minimum atomic E-state index is -3.31. The lowest BCUT2D eigenvalue weighted by molar-refractivity contribution is 0.112. The quantitative estimate of drug-likeness (QED) is 0.682. The summed E-state index contributed by atoms with van der Waals surface area (Å²) in [6, 6.07) is -0.0289. The molecule has 0 spiro atoms. The highest BCUT2D eigenvalue weighted by Gasteiger charge is 2.44. The Kier molecular flexibility index (Phi) is 3.45. The molecule has 0 aromatic rings. The second-order valence-corrected chi connectivity index (χ2v) is 8.32. The smallest absolute Gasteiger partial charge is 0.202 e. The largest absolute Gasteiger partial charge is 0.277 e. The van der Waals surface area contributed by atoms with Crippen molar-refractivity contribution in [3.63, 3.8) is 0 Å². The van der Waals surface area contributed by atoms with Crippen LogP contribution in [0.15, 0.2) is 0 Å². The van der Waals surface area contributed by atoms with Crippen LogP contribution < -0.4 is 9.44 Å². The van der Waals surface area contributed by atoms with E-state index in [2.05, 4.69) is 51.0 Å². The first-order chi connectivity index (χ1) is 6.93. The standard InChI is InChI=1S/C11H24N2O2S/c1-10(2,3)8-7-12-16(14,15)13-9(8)11(4,5)6/h8-9,12-13H,7H2,1-6H3. The van der Waals surface area contributed by atoms with E-state index in [-0.39, 0.29) is 22.8 Å². The molecule has 2 unspecified atom stereocenters. The van der Waals surface area contributed by atoms with Crippen LogP contribution >= 0.6 is 0 Å². The van der Waals surface area contributed by atoms with E-state index in [9.17, 15) is 8.42 Å². The molecule has 4 nitrogen and oxygen atoms in total. The highest BCUT2D eigenvalue weighted by Crippen LogP contribution is 2.37. The van der Waals surface area contributed by atoms with E-state index < -0.39 is 10.2 Å². The van der Waals surface area contributed by atoms with Crippen LogP contribution in [-0.2, 0) is 10.2 Å². The molecule has 0 radical (unpaired) electrons. The molecule has 1 rings (SSSR count). The van der Waals surface area contributed by atoms with Gasteiger partial charge in [0.25, 0.3) is 10.2 Å². The van der Waals surface area contributed by atoms with Gasteiger partial charge in [-0.3, -0.25) is 0 Å². The minimum Gasteiger partial charge on any atom is -0.202 e. The normalized spacial score (nSPS) is 31.4. The number of nitrogens with one attached hydrogen (secondary N) is 2. The molecule has 1 saturated heterocycles. The van der Waals surface area contributed by atoms with E-state index in [1.165, 1.54) is 0 Å². The summed E-state index contributed by atoms with van der Waals surface area (Å²) in [4.78, 5) is 0. The third-order valence-corrected chi connectivity index (χ3v) is 4.33. The molecule has 5 heteroatoms. The molecule has 0 amide bonds. The molecule has 0 saturated carbocycles. The molecule has 2 atom stereocenters. The van der Waals surface area contributed by atoms with Gasteiger partial charge in [0.15, 0.2) is 0 Å². The van der Waals surface area contributed by atoms with Crippen molar-refractivity contribution in [1.82, 2.24) is 9.44 Å². The van der Waals surface area contributed by atoms with Gasteiger partial charge in [0.05, 0.1) is 0 Å². The zero-order valence-electron chi connectivity index (χ0n) is 11.1. The van der Waals surface area contributed by atoms with Gasteiger partial charge in [0, 0.05) is 12.6 Å². The van der Waals surface area contributed by atoms with E-state index in [1.54, 1.807) is 0 Å². The molecule has 0 bridgehead atoms. The number of rotatable bonds is 0. The fraction of sp³-hybridized carbons (Fsp3) is 1.00. The predicted molar refractivity (Wildman–Crippen MR) is 66.2 cm³/mol. The lowest BCUT2D eigenvalue weighted by Gasteiger charge is -2.46. The highest BCUT2D eigenvalue weighted by atomic mass is 32.2. The van der Waals surface area contributed by atoms with Crippen molar-refractivity contribution in [1.29, 1.82) is 0 Å². The van der Waals surface area contributed by atoms with Gasteiger partial charge in [-0.2, -0.15) is 13.1 Å². The SMILES string of the molecule is CC(C)(C)C1CNS(=O)(=O)NC1C(C)(C)C. The van der Waals surface area contributed by atoms with Crippen LogP contribution in [0.1, 0.15) is 41.5 Å². The summed E-state index contributed by atoms with van der Waals surface area (Å²) in [5.41, 5.74) is 0.000995. The summed E-state index contributed by atoms with van der Waals surface area (Å²) in [6.45, 7) is 13.2. The Morgan fingerprint density at radius 1 is 1.00 bits per heavy atom. The highest BCUT2D eigenvalue weighted by molar-refractivity contribution is 7.87. The molecule has 0 aliphatic carbocycles. The van der Waals surface area contributed by atoms with Gasteiger partial charge in [0.1, 0.15) is 0 Å². The lowest BCUT2D eigenvalue weighted by Crippen LogP contribution is -2.62. The van der Waals surface area contributed by atoms with Crippen LogP contribution in [-0.4, -0.2) is 21.0 Å². The average molecular weight is 248 g/mol. The summed E-state index contributed by atoms with van der Waals surface area (Å²) >= 11 is 0. The molecule has 0 aromatic heterocycles. The Balaban J connectivity index is 3.03. The summed E-state index contributed by atoms with van der Waals surface area (Å²) in [5.74, 6) is 0.288. The fourth-order valence-electron chi connectivity index (χ4n) is 2.19. The molecule has 1 aliphatic rings. The van der Waals surface area contributed by atoms with Crippen LogP contribution in [0.25, 0.3) is 0 Å². The minimum absolute atomic E-state index is 0.0289. The van der Waals surface area contributed by atoms with Gasteiger partial charge in [-0.05, 0) is 16.7 Å². The fourth-order valence-corrected chi connectivity index (χ4v) is 3.53. The maximum atomic E-state index is 11.6. The average Bonchev–Trinajstić information content (AvgIpc) is 1.97. The molecule has 2 N–H and O–H groups in total. The third-order valence-electron chi connectivity index (χ3n) is 3.22. The topological polar surface area (TPSA) is 58.2 Å².